The minimum absolute atomic E-state index is 0.0250. The highest BCUT2D eigenvalue weighted by molar-refractivity contribution is 6.31. The molecule has 194 valence electrons. The number of benzene rings is 1. The number of urea groups is 1. The summed E-state index contributed by atoms with van der Waals surface area (Å²) in [7, 11) is 0. The van der Waals surface area contributed by atoms with Crippen molar-refractivity contribution in [3.8, 4) is 6.07 Å². The van der Waals surface area contributed by atoms with Gasteiger partial charge < -0.3 is 10.4 Å². The fourth-order valence-corrected chi connectivity index (χ4v) is 6.69. The van der Waals surface area contributed by atoms with Gasteiger partial charge in [-0.1, -0.05) is 51.4 Å². The molecule has 2 amide bonds. The molecule has 0 radical (unpaired) electrons. The zero-order valence-corrected chi connectivity index (χ0v) is 22.8. The first-order chi connectivity index (χ1) is 16.8. The molecule has 4 rings (SSSR count). The van der Waals surface area contributed by atoms with Gasteiger partial charge in [-0.15, -0.1) is 0 Å². The third-order valence-corrected chi connectivity index (χ3v) is 8.94. The van der Waals surface area contributed by atoms with Crippen LogP contribution in [-0.2, 0) is 16.8 Å². The summed E-state index contributed by atoms with van der Waals surface area (Å²) < 4.78 is 0. The summed E-state index contributed by atoms with van der Waals surface area (Å²) in [6.07, 6.45) is 6.72. The van der Waals surface area contributed by atoms with Gasteiger partial charge >= 0.3 is 12.0 Å². The summed E-state index contributed by atoms with van der Waals surface area (Å²) >= 11 is 6.76. The maximum absolute atomic E-state index is 13.6. The minimum Gasteiger partial charge on any atom is -0.481 e. The molecule has 7 heteroatoms. The minimum atomic E-state index is -0.811. The Bertz CT molecular complexity index is 1130. The molecule has 0 saturated heterocycles. The number of aryl methyl sites for hydroxylation is 1. The fourth-order valence-electron chi connectivity index (χ4n) is 6.42. The van der Waals surface area contributed by atoms with Crippen molar-refractivity contribution in [1.82, 2.24) is 10.2 Å². The van der Waals surface area contributed by atoms with Crippen molar-refractivity contribution in [2.24, 2.45) is 23.2 Å². The number of carboxylic acid groups (broad SMARTS) is 1. The van der Waals surface area contributed by atoms with Crippen LogP contribution in [0.15, 0.2) is 30.0 Å². The Kier molecular flexibility index (Phi) is 6.94. The zero-order chi connectivity index (χ0) is 26.5. The van der Waals surface area contributed by atoms with E-state index in [1.165, 1.54) is 0 Å². The average molecular weight is 512 g/mol. The monoisotopic (exact) mass is 511 g/mol. The first-order valence-electron chi connectivity index (χ1n) is 13.0. The first-order valence-corrected chi connectivity index (χ1v) is 13.4. The molecule has 1 heterocycles. The predicted molar refractivity (Wildman–Crippen MR) is 140 cm³/mol. The third-order valence-electron chi connectivity index (χ3n) is 8.59. The number of nitriles is 1. The molecular formula is C29H38ClN3O3. The van der Waals surface area contributed by atoms with Gasteiger partial charge in [-0.25, -0.2) is 4.79 Å². The van der Waals surface area contributed by atoms with Gasteiger partial charge in [0.15, 0.2) is 0 Å². The van der Waals surface area contributed by atoms with Crippen LogP contribution >= 0.6 is 11.6 Å². The summed E-state index contributed by atoms with van der Waals surface area (Å²) in [6, 6.07) is 8.32. The number of hydrogen-bond donors (Lipinski definition) is 2. The zero-order valence-electron chi connectivity index (χ0n) is 22.0. The fraction of sp³-hybridized carbons (Fsp3) is 0.621. The van der Waals surface area contributed by atoms with Crippen LogP contribution in [-0.4, -0.2) is 27.5 Å². The van der Waals surface area contributed by atoms with E-state index in [0.717, 1.165) is 29.5 Å². The molecule has 1 aromatic rings. The molecule has 3 aliphatic rings. The quantitative estimate of drug-likeness (QED) is 0.463. The van der Waals surface area contributed by atoms with E-state index in [0.29, 0.717) is 37.1 Å². The lowest BCUT2D eigenvalue weighted by Crippen LogP contribution is -2.61. The molecule has 1 aromatic carbocycles. The molecule has 0 spiro atoms. The van der Waals surface area contributed by atoms with Crippen molar-refractivity contribution in [3.05, 3.63) is 46.1 Å². The van der Waals surface area contributed by atoms with E-state index in [2.05, 4.69) is 44.3 Å². The molecule has 1 aliphatic heterocycles. The molecule has 5 unspecified atom stereocenters. The molecule has 5 atom stereocenters. The van der Waals surface area contributed by atoms with Crippen LogP contribution in [0, 0.1) is 34.5 Å². The van der Waals surface area contributed by atoms with Crippen LogP contribution in [0.25, 0.3) is 0 Å². The molecule has 6 nitrogen and oxygen atoms in total. The molecule has 2 aliphatic carbocycles. The number of carbonyl (C=O) groups excluding carboxylic acids is 1. The lowest BCUT2D eigenvalue weighted by molar-refractivity contribution is -0.142. The van der Waals surface area contributed by atoms with E-state index in [-0.39, 0.29) is 23.3 Å². The van der Waals surface area contributed by atoms with E-state index in [4.69, 9.17) is 11.6 Å². The van der Waals surface area contributed by atoms with Crippen LogP contribution in [0.1, 0.15) is 84.3 Å². The van der Waals surface area contributed by atoms with E-state index >= 15 is 0 Å². The summed E-state index contributed by atoms with van der Waals surface area (Å²) in [5, 5.41) is 23.4. The molecule has 36 heavy (non-hydrogen) atoms. The van der Waals surface area contributed by atoms with Gasteiger partial charge in [0.25, 0.3) is 0 Å². The largest absolute Gasteiger partial charge is 0.481 e. The van der Waals surface area contributed by atoms with E-state index in [1.54, 1.807) is 4.90 Å². The van der Waals surface area contributed by atoms with Crippen LogP contribution in [0.3, 0.4) is 0 Å². The number of nitrogens with one attached hydrogen (secondary N) is 1. The van der Waals surface area contributed by atoms with Crippen molar-refractivity contribution < 1.29 is 14.7 Å². The number of fused-ring (bicyclic) bond motifs is 1. The second-order valence-corrected chi connectivity index (χ2v) is 13.0. The maximum Gasteiger partial charge on any atom is 0.322 e. The van der Waals surface area contributed by atoms with Gasteiger partial charge in [-0.05, 0) is 86.0 Å². The Morgan fingerprint density at radius 1 is 1.33 bits per heavy atom. The Balaban J connectivity index is 1.71. The van der Waals surface area contributed by atoms with Gasteiger partial charge in [-0.2, -0.15) is 5.26 Å². The Labute approximate surface area is 219 Å². The summed E-state index contributed by atoms with van der Waals surface area (Å²) in [5.41, 5.74) is 1.93. The molecule has 2 fully saturated rings. The van der Waals surface area contributed by atoms with Crippen molar-refractivity contribution in [3.63, 3.8) is 0 Å². The van der Waals surface area contributed by atoms with Gasteiger partial charge in [0.2, 0.25) is 0 Å². The number of halogens is 1. The van der Waals surface area contributed by atoms with Gasteiger partial charge in [0.05, 0.1) is 23.4 Å². The Morgan fingerprint density at radius 3 is 2.64 bits per heavy atom. The number of amides is 2. The van der Waals surface area contributed by atoms with Gasteiger partial charge in [0, 0.05) is 16.8 Å². The normalized spacial score (nSPS) is 32.4. The standard InChI is InChI=1S/C29H38ClN3O3/c1-18-14-28(5,15-23(18)25(34)35)33-17-22-12-19(16-31)8-11-29(22,32-26(33)36)21-7-6-20(24(30)13-21)9-10-27(2,3)4/h6-7,13,17-19,23H,8-12,14-15H2,1-5H3,(H,32,36)(H,34,35). The topological polar surface area (TPSA) is 93.4 Å². The van der Waals surface area contributed by atoms with Crippen molar-refractivity contribution in [2.45, 2.75) is 90.6 Å². The SMILES string of the molecule is CC1CC(C)(N2C=C3CC(C#N)CCC3(c3ccc(CCC(C)(C)C)c(Cl)c3)NC2=O)CC1C(=O)O. The number of carboxylic acids is 1. The van der Waals surface area contributed by atoms with Gasteiger partial charge in [-0.3, -0.25) is 9.69 Å². The number of hydrogen-bond acceptors (Lipinski definition) is 3. The molecule has 2 N–H and O–H groups in total. The number of rotatable bonds is 5. The second-order valence-electron chi connectivity index (χ2n) is 12.6. The van der Waals surface area contributed by atoms with E-state index in [9.17, 15) is 20.0 Å². The number of nitrogens with zero attached hydrogens (tertiary/aromatic N) is 2. The predicted octanol–water partition coefficient (Wildman–Crippen LogP) is 6.64. The van der Waals surface area contributed by atoms with Gasteiger partial charge in [0.1, 0.15) is 0 Å². The lowest BCUT2D eigenvalue weighted by atomic mass is 9.68. The summed E-state index contributed by atoms with van der Waals surface area (Å²) in [5.74, 6) is -1.44. The number of aliphatic carboxylic acids is 1. The number of carbonyl (C=O) groups is 2. The summed E-state index contributed by atoms with van der Waals surface area (Å²) in [6.45, 7) is 10.6. The average Bonchev–Trinajstić information content (AvgIpc) is 3.12. The molecular weight excluding hydrogens is 474 g/mol. The highest BCUT2D eigenvalue weighted by Gasteiger charge is 2.53. The molecule has 2 saturated carbocycles. The third kappa shape index (κ3) is 4.87. The van der Waals surface area contributed by atoms with Crippen molar-refractivity contribution >= 4 is 23.6 Å². The molecule has 0 aromatic heterocycles. The molecule has 0 bridgehead atoms. The van der Waals surface area contributed by atoms with Crippen LogP contribution < -0.4 is 5.32 Å². The van der Waals surface area contributed by atoms with E-state index < -0.39 is 23.0 Å². The first kappa shape index (κ1) is 26.5. The Hall–Kier alpha value is -2.52. The van der Waals surface area contributed by atoms with Crippen LogP contribution in [0.2, 0.25) is 5.02 Å². The highest BCUT2D eigenvalue weighted by atomic mass is 35.5. The lowest BCUT2D eigenvalue weighted by Gasteiger charge is -2.50. The van der Waals surface area contributed by atoms with Crippen molar-refractivity contribution in [2.75, 3.05) is 0 Å². The van der Waals surface area contributed by atoms with Crippen molar-refractivity contribution in [1.29, 1.82) is 5.26 Å². The van der Waals surface area contributed by atoms with Crippen LogP contribution in [0.5, 0.6) is 0 Å². The Morgan fingerprint density at radius 2 is 2.06 bits per heavy atom. The maximum atomic E-state index is 13.6. The van der Waals surface area contributed by atoms with Crippen LogP contribution in [0.4, 0.5) is 4.79 Å². The van der Waals surface area contributed by atoms with E-state index in [1.807, 2.05) is 26.1 Å². The summed E-state index contributed by atoms with van der Waals surface area (Å²) in [4.78, 5) is 27.1. The smallest absolute Gasteiger partial charge is 0.322 e. The highest BCUT2D eigenvalue weighted by Crippen LogP contribution is 2.50. The second kappa shape index (κ2) is 9.41.